The Morgan fingerprint density at radius 2 is 1.74 bits per heavy atom. The number of nitrogens with zero attached hydrogens (tertiary/aromatic N) is 2. The molecule has 1 aliphatic heterocycles. The van der Waals surface area contributed by atoms with E-state index in [0.29, 0.717) is 23.8 Å². The van der Waals surface area contributed by atoms with Crippen LogP contribution in [0, 0.1) is 3.57 Å². The number of anilines is 1. The van der Waals surface area contributed by atoms with E-state index in [1.54, 1.807) is 12.0 Å². The van der Waals surface area contributed by atoms with Gasteiger partial charge in [0.15, 0.2) is 5.17 Å². The van der Waals surface area contributed by atoms with Crippen molar-refractivity contribution in [1.29, 1.82) is 0 Å². The van der Waals surface area contributed by atoms with Crippen LogP contribution in [0.15, 0.2) is 96.0 Å². The predicted molar refractivity (Wildman–Crippen MR) is 163 cm³/mol. The number of hydrogen-bond acceptors (Lipinski definition) is 5. The monoisotopic (exact) mass is 635 g/mol. The van der Waals surface area contributed by atoms with Crippen LogP contribution in [0.2, 0.25) is 0 Å². The maximum atomic E-state index is 13.5. The van der Waals surface area contributed by atoms with Crippen molar-refractivity contribution in [3.63, 3.8) is 0 Å². The molecule has 1 N–H and O–H groups in total. The summed E-state index contributed by atoms with van der Waals surface area (Å²) >= 11 is 3.58. The fourth-order valence-corrected chi connectivity index (χ4v) is 5.82. The molecule has 1 aliphatic rings. The average molecular weight is 636 g/mol. The van der Waals surface area contributed by atoms with Gasteiger partial charge in [-0.3, -0.25) is 14.5 Å². The number of ether oxygens (including phenoxy) is 1. The molecule has 1 heterocycles. The van der Waals surface area contributed by atoms with Crippen LogP contribution in [-0.4, -0.2) is 40.8 Å². The smallest absolute Gasteiger partial charge is 0.242 e. The van der Waals surface area contributed by atoms with E-state index in [1.807, 2.05) is 91.0 Å². The minimum Gasteiger partial charge on any atom is -0.497 e. The molecule has 1 atom stereocenters. The summed E-state index contributed by atoms with van der Waals surface area (Å²) in [6.07, 6.45) is 0.732. The van der Waals surface area contributed by atoms with Gasteiger partial charge in [-0.2, -0.15) is 0 Å². The average Bonchev–Trinajstić information content (AvgIpc) is 3.22. The van der Waals surface area contributed by atoms with E-state index in [2.05, 4.69) is 27.9 Å². The van der Waals surface area contributed by atoms with Crippen molar-refractivity contribution in [2.75, 3.05) is 19.0 Å². The lowest BCUT2D eigenvalue weighted by molar-refractivity contribution is -0.128. The van der Waals surface area contributed by atoms with Gasteiger partial charge in [0.25, 0.3) is 0 Å². The van der Waals surface area contributed by atoms with Gasteiger partial charge in [-0.05, 0) is 82.4 Å². The van der Waals surface area contributed by atoms with Crippen molar-refractivity contribution in [1.82, 2.24) is 4.90 Å². The lowest BCUT2D eigenvalue weighted by Crippen LogP contribution is -2.35. The van der Waals surface area contributed by atoms with Gasteiger partial charge >= 0.3 is 0 Å². The molecule has 38 heavy (non-hydrogen) atoms. The number of rotatable bonds is 8. The number of amidine groups is 1. The molecule has 192 valence electrons. The molecule has 1 unspecified atom stereocenters. The fraction of sp³-hybridized carbons (Fsp3) is 0.167. The zero-order chi connectivity index (χ0) is 26.5. The van der Waals surface area contributed by atoms with Gasteiger partial charge in [0, 0.05) is 27.6 Å². The van der Waals surface area contributed by atoms with Gasteiger partial charge in [0.05, 0.1) is 12.8 Å². The number of amides is 2. The third-order valence-corrected chi connectivity index (χ3v) is 8.18. The molecule has 0 radical (unpaired) electrons. The third kappa shape index (κ3) is 6.19. The summed E-state index contributed by atoms with van der Waals surface area (Å²) < 4.78 is 6.34. The van der Waals surface area contributed by atoms with E-state index in [4.69, 9.17) is 9.73 Å². The zero-order valence-electron chi connectivity index (χ0n) is 20.8. The number of aliphatic imine (C=N–C) groups is 1. The molecule has 0 bridgehead atoms. The van der Waals surface area contributed by atoms with Crippen molar-refractivity contribution < 1.29 is 14.3 Å². The maximum absolute atomic E-state index is 13.5. The largest absolute Gasteiger partial charge is 0.497 e. The Hall–Kier alpha value is -3.37. The Balaban J connectivity index is 1.38. The van der Waals surface area contributed by atoms with Crippen LogP contribution in [0.25, 0.3) is 10.8 Å². The van der Waals surface area contributed by atoms with Gasteiger partial charge in [0.2, 0.25) is 11.8 Å². The van der Waals surface area contributed by atoms with Crippen LogP contribution < -0.4 is 10.1 Å². The molecule has 0 saturated carbocycles. The van der Waals surface area contributed by atoms with Crippen molar-refractivity contribution in [3.05, 3.63) is 100 Å². The highest BCUT2D eigenvalue weighted by Crippen LogP contribution is 2.34. The molecule has 4 aromatic rings. The third-order valence-electron chi connectivity index (χ3n) is 6.28. The number of fused-ring (bicyclic) bond motifs is 1. The first-order chi connectivity index (χ1) is 18.5. The molecule has 5 rings (SSSR count). The van der Waals surface area contributed by atoms with E-state index in [9.17, 15) is 9.59 Å². The second kappa shape index (κ2) is 12.0. The Morgan fingerprint density at radius 1 is 1.00 bits per heavy atom. The van der Waals surface area contributed by atoms with Crippen LogP contribution >= 0.6 is 34.4 Å². The molecule has 4 aromatic carbocycles. The molecule has 2 amide bonds. The highest BCUT2D eigenvalue weighted by molar-refractivity contribution is 14.1. The SMILES string of the molecule is COc1ccc(CCN2C(=O)C(CC(=O)Nc3ccc(I)cc3)SC2=Nc2cccc3ccccc23)cc1. The van der Waals surface area contributed by atoms with Gasteiger partial charge in [-0.15, -0.1) is 0 Å². The number of benzene rings is 4. The highest BCUT2D eigenvalue weighted by Gasteiger charge is 2.39. The number of methoxy groups -OCH3 is 1. The van der Waals surface area contributed by atoms with E-state index in [0.717, 1.165) is 31.3 Å². The van der Waals surface area contributed by atoms with Gasteiger partial charge in [-0.25, -0.2) is 4.99 Å². The molecule has 6 nitrogen and oxygen atoms in total. The summed E-state index contributed by atoms with van der Waals surface area (Å²) in [5.74, 6) is 0.498. The molecule has 1 fully saturated rings. The van der Waals surface area contributed by atoms with Gasteiger partial charge in [0.1, 0.15) is 11.0 Å². The van der Waals surface area contributed by atoms with Gasteiger partial charge < -0.3 is 10.1 Å². The number of hydrogen-bond donors (Lipinski definition) is 1. The second-order valence-corrected chi connectivity index (χ2v) is 11.3. The van der Waals surface area contributed by atoms with Crippen molar-refractivity contribution in [3.8, 4) is 5.75 Å². The molecule has 8 heteroatoms. The first kappa shape index (κ1) is 26.2. The Kier molecular flexibility index (Phi) is 8.29. The van der Waals surface area contributed by atoms with Crippen LogP contribution in [-0.2, 0) is 16.0 Å². The summed E-state index contributed by atoms with van der Waals surface area (Å²) in [4.78, 5) is 33.0. The first-order valence-electron chi connectivity index (χ1n) is 12.2. The van der Waals surface area contributed by atoms with E-state index in [-0.39, 0.29) is 18.2 Å². The maximum Gasteiger partial charge on any atom is 0.242 e. The molecule has 0 spiro atoms. The van der Waals surface area contributed by atoms with Crippen LogP contribution in [0.3, 0.4) is 0 Å². The van der Waals surface area contributed by atoms with E-state index < -0.39 is 5.25 Å². The normalized spacial score (nSPS) is 16.3. The summed E-state index contributed by atoms with van der Waals surface area (Å²) in [5, 5.41) is 5.09. The fourth-order valence-electron chi connectivity index (χ4n) is 4.29. The number of nitrogens with one attached hydrogen (secondary N) is 1. The minimum atomic E-state index is -0.538. The summed E-state index contributed by atoms with van der Waals surface area (Å²) in [6, 6.07) is 29.4. The Labute approximate surface area is 239 Å². The van der Waals surface area contributed by atoms with Gasteiger partial charge in [-0.1, -0.05) is 60.3 Å². The standard InChI is InChI=1S/C30H26IN3O3S/c1-37-24-15-9-20(10-16-24)17-18-34-29(36)27(19-28(35)32-23-13-11-22(31)12-14-23)38-30(34)33-26-8-4-6-21-5-2-3-7-25(21)26/h2-16,27H,17-19H2,1H3,(H,32,35). The predicted octanol–water partition coefficient (Wildman–Crippen LogP) is 6.66. The zero-order valence-corrected chi connectivity index (χ0v) is 23.7. The minimum absolute atomic E-state index is 0.0725. The Morgan fingerprint density at radius 3 is 2.50 bits per heavy atom. The quantitative estimate of drug-likeness (QED) is 0.220. The van der Waals surface area contributed by atoms with Crippen LogP contribution in [0.5, 0.6) is 5.75 Å². The molecular weight excluding hydrogens is 609 g/mol. The summed E-state index contributed by atoms with van der Waals surface area (Å²) in [7, 11) is 1.64. The number of carbonyl (C=O) groups excluding carboxylic acids is 2. The lowest BCUT2D eigenvalue weighted by atomic mass is 10.1. The number of thioether (sulfide) groups is 1. The summed E-state index contributed by atoms with van der Waals surface area (Å²) in [5.41, 5.74) is 2.61. The van der Waals surface area contributed by atoms with Crippen LogP contribution in [0.4, 0.5) is 11.4 Å². The highest BCUT2D eigenvalue weighted by atomic mass is 127. The molecule has 1 saturated heterocycles. The lowest BCUT2D eigenvalue weighted by Gasteiger charge is -2.17. The van der Waals surface area contributed by atoms with Crippen molar-refractivity contribution in [2.45, 2.75) is 18.1 Å². The topological polar surface area (TPSA) is 71.0 Å². The molecule has 0 aliphatic carbocycles. The van der Waals surface area contributed by atoms with E-state index >= 15 is 0 Å². The first-order valence-corrected chi connectivity index (χ1v) is 14.2. The number of carbonyl (C=O) groups is 2. The van der Waals surface area contributed by atoms with Crippen molar-refractivity contribution in [2.24, 2.45) is 4.99 Å². The second-order valence-electron chi connectivity index (χ2n) is 8.85. The van der Waals surface area contributed by atoms with Crippen molar-refractivity contribution >= 4 is 73.5 Å². The molecular formula is C30H26IN3O3S. The van der Waals surface area contributed by atoms with Crippen LogP contribution in [0.1, 0.15) is 12.0 Å². The summed E-state index contributed by atoms with van der Waals surface area (Å²) in [6.45, 7) is 0.469. The Bertz CT molecular complexity index is 1480. The molecule has 0 aromatic heterocycles. The number of halogens is 1. The van der Waals surface area contributed by atoms with E-state index in [1.165, 1.54) is 11.8 Å².